The molecule has 0 aliphatic carbocycles. The average molecular weight is 185 g/mol. The number of nitrogens with zero attached hydrogens (tertiary/aromatic N) is 3. The highest BCUT2D eigenvalue weighted by Gasteiger charge is 1.95. The summed E-state index contributed by atoms with van der Waals surface area (Å²) < 4.78 is 11.4. The fraction of sp³-hybridized carbons (Fsp3) is 0.250. The number of rotatable bonds is 5. The van der Waals surface area contributed by atoms with Crippen molar-refractivity contribution < 1.29 is 9.47 Å². The first-order valence-corrected chi connectivity index (χ1v) is 3.47. The molecule has 0 radical (unpaired) electrons. The fourth-order valence-corrected chi connectivity index (χ4v) is 0.497. The molecule has 0 aliphatic rings. The zero-order valence-electron chi connectivity index (χ0n) is 7.70. The second-order valence-corrected chi connectivity index (χ2v) is 2.20. The molecule has 72 valence electrons. The lowest BCUT2D eigenvalue weighted by molar-refractivity contribution is -0.0712. The largest absolute Gasteiger partial charge is 0.321 e. The van der Waals surface area contributed by atoms with Gasteiger partial charge >= 0.3 is 0 Å². The lowest BCUT2D eigenvalue weighted by Crippen LogP contribution is -2.13. The molecule has 0 aliphatic heterocycles. The molecule has 0 atom stereocenters. The summed E-state index contributed by atoms with van der Waals surface area (Å²) in [7, 11) is 3.34. The monoisotopic (exact) mass is 185 g/mol. The maximum Gasteiger partial charge on any atom is 0.183 e. The molecule has 0 aromatic heterocycles. The van der Waals surface area contributed by atoms with Crippen LogP contribution in [0.5, 0.6) is 0 Å². The highest BCUT2D eigenvalue weighted by Crippen LogP contribution is 1.98. The minimum atomic E-state index is -0.178. The van der Waals surface area contributed by atoms with Gasteiger partial charge in [0.2, 0.25) is 0 Å². The summed E-state index contributed by atoms with van der Waals surface area (Å²) in [5, 5.41) is 0. The molecule has 0 aromatic carbocycles. The van der Waals surface area contributed by atoms with Gasteiger partial charge in [-0.2, -0.15) is 0 Å². The van der Waals surface area contributed by atoms with Crippen molar-refractivity contribution in [3.8, 4) is 0 Å². The Morgan fingerprint density at radius 2 is 2.15 bits per heavy atom. The van der Waals surface area contributed by atoms with Gasteiger partial charge in [-0.05, 0) is 0 Å². The quantitative estimate of drug-likeness (QED) is 0.370. The van der Waals surface area contributed by atoms with Crippen molar-refractivity contribution >= 4 is 12.6 Å². The Morgan fingerprint density at radius 3 is 2.62 bits per heavy atom. The van der Waals surface area contributed by atoms with Crippen LogP contribution < -0.4 is 0 Å². The predicted molar refractivity (Wildman–Crippen MR) is 51.1 cm³/mol. The van der Waals surface area contributed by atoms with Gasteiger partial charge in [0.25, 0.3) is 0 Å². The van der Waals surface area contributed by atoms with Crippen molar-refractivity contribution in [1.82, 2.24) is 4.90 Å². The molecule has 0 spiro atoms. The summed E-state index contributed by atoms with van der Waals surface area (Å²) in [5.41, 5.74) is 0. The normalized spacial score (nSPS) is 10.7. The van der Waals surface area contributed by atoms with Crippen LogP contribution >= 0.6 is 0 Å². The zero-order valence-corrected chi connectivity index (χ0v) is 7.70. The van der Waals surface area contributed by atoms with Crippen molar-refractivity contribution in [3.05, 3.63) is 24.7 Å². The van der Waals surface area contributed by atoms with Crippen molar-refractivity contribution in [1.29, 1.82) is 0 Å². The Morgan fingerprint density at radius 1 is 1.54 bits per heavy atom. The smallest absolute Gasteiger partial charge is 0.183 e. The van der Waals surface area contributed by atoms with E-state index in [9.17, 15) is 4.53 Å². The van der Waals surface area contributed by atoms with Gasteiger partial charge in [-0.3, -0.25) is 9.93 Å². The molecule has 0 fully saturated rings. The van der Waals surface area contributed by atoms with Crippen LogP contribution in [-0.4, -0.2) is 31.5 Å². The minimum Gasteiger partial charge on any atom is -0.321 e. The molecule has 0 bridgehead atoms. The third-order valence-corrected chi connectivity index (χ3v) is 1.15. The van der Waals surface area contributed by atoms with Crippen LogP contribution in [0.25, 0.3) is 0 Å². The molecule has 13 heavy (non-hydrogen) atoms. The van der Waals surface area contributed by atoms with Crippen LogP contribution in [-0.2, 0) is 4.94 Å². The fourth-order valence-electron chi connectivity index (χ4n) is 0.497. The maximum absolute atomic E-state index is 11.4. The molecule has 0 amide bonds. The van der Waals surface area contributed by atoms with E-state index in [-0.39, 0.29) is 5.76 Å². The zero-order chi connectivity index (χ0) is 10.3. The van der Waals surface area contributed by atoms with Crippen LogP contribution in [0, 0.1) is 0 Å². The van der Waals surface area contributed by atoms with Gasteiger partial charge in [-0.25, -0.2) is 4.99 Å². The molecule has 0 aromatic rings. The van der Waals surface area contributed by atoms with Gasteiger partial charge in [-0.1, -0.05) is 13.2 Å². The number of aliphatic imine (C=N–C) groups is 2. The van der Waals surface area contributed by atoms with E-state index in [0.717, 1.165) is 6.21 Å². The maximum atomic E-state index is 11.4. The van der Waals surface area contributed by atoms with Gasteiger partial charge in [0, 0.05) is 18.6 Å². The van der Waals surface area contributed by atoms with Crippen molar-refractivity contribution in [2.75, 3.05) is 14.1 Å². The van der Waals surface area contributed by atoms with Crippen molar-refractivity contribution in [3.63, 3.8) is 0 Å². The molecule has 0 heterocycles. The third-order valence-electron chi connectivity index (χ3n) is 1.15. The lowest BCUT2D eigenvalue weighted by Gasteiger charge is -2.10. The molecule has 4 nitrogen and oxygen atoms in total. The summed E-state index contributed by atoms with van der Waals surface area (Å²) in [6.45, 7) is 6.81. The van der Waals surface area contributed by atoms with E-state index < -0.39 is 0 Å². The molecule has 0 saturated heterocycles. The van der Waals surface area contributed by atoms with E-state index in [2.05, 4.69) is 28.1 Å². The van der Waals surface area contributed by atoms with Gasteiger partial charge < -0.3 is 4.90 Å². The first-order valence-electron chi connectivity index (χ1n) is 3.47. The van der Waals surface area contributed by atoms with E-state index >= 15 is 0 Å². The Labute approximate surface area is 76.6 Å². The van der Waals surface area contributed by atoms with E-state index in [1.807, 2.05) is 0 Å². The predicted octanol–water partition coefficient (Wildman–Crippen LogP) is 1.53. The molecule has 0 N–H and O–H groups in total. The molecule has 0 rings (SSSR count). The summed E-state index contributed by atoms with van der Waals surface area (Å²) in [6.07, 6.45) is 2.65. The van der Waals surface area contributed by atoms with Crippen LogP contribution in [0.15, 0.2) is 34.7 Å². The molecule has 0 saturated carbocycles. The molecule has 0 unspecified atom stereocenters. The summed E-state index contributed by atoms with van der Waals surface area (Å²) in [4.78, 5) is 12.4. The average Bonchev–Trinajstić information content (AvgIpc) is 2.13. The minimum absolute atomic E-state index is 0.178. The molecular weight excluding hydrogens is 173 g/mol. The number of hydrogen-bond donors (Lipinski definition) is 0. The van der Waals surface area contributed by atoms with Crippen LogP contribution in [0.4, 0.5) is 4.53 Å². The molecular formula is C8H12FN3O. The van der Waals surface area contributed by atoms with Crippen molar-refractivity contribution in [2.45, 2.75) is 0 Å². The highest BCUT2D eigenvalue weighted by atomic mass is 19.3. The summed E-state index contributed by atoms with van der Waals surface area (Å²) in [5.74, 6) is 0.229. The number of allylic oxidation sites excluding steroid dienone is 1. The summed E-state index contributed by atoms with van der Waals surface area (Å²) in [6, 6.07) is 0. The van der Waals surface area contributed by atoms with E-state index in [1.54, 1.807) is 19.0 Å². The first kappa shape index (κ1) is 11.4. The Kier molecular flexibility index (Phi) is 5.18. The number of hydrogen-bond acceptors (Lipinski definition) is 3. The standard InChI is InChI=1S/C8H12FN3O/c1-7(13-9)5-11-8(2)12(4)6-10-3/h5-6H,1-2H2,3-4H3/b10-6?,11-5-. The Hall–Kier alpha value is -1.65. The summed E-state index contributed by atoms with van der Waals surface area (Å²) >= 11 is 0. The van der Waals surface area contributed by atoms with Crippen molar-refractivity contribution in [2.24, 2.45) is 9.98 Å². The van der Waals surface area contributed by atoms with Gasteiger partial charge in [-0.15, -0.1) is 0 Å². The van der Waals surface area contributed by atoms with Gasteiger partial charge in [0.1, 0.15) is 5.82 Å². The second kappa shape index (κ2) is 5.93. The first-order chi connectivity index (χ1) is 6.11. The number of halogens is 1. The van der Waals surface area contributed by atoms with Crippen LogP contribution in [0.2, 0.25) is 0 Å². The second-order valence-electron chi connectivity index (χ2n) is 2.20. The highest BCUT2D eigenvalue weighted by molar-refractivity contribution is 5.76. The third kappa shape index (κ3) is 4.73. The molecule has 5 heteroatoms. The van der Waals surface area contributed by atoms with E-state index in [0.29, 0.717) is 5.82 Å². The lowest BCUT2D eigenvalue weighted by atomic mass is 10.6. The Bertz CT molecular complexity index is 248. The SMILES string of the molecule is C=C(/C=N\C(=C)N(C)C=NC)OF. The van der Waals surface area contributed by atoms with Crippen LogP contribution in [0.3, 0.4) is 0 Å². The Balaban J connectivity index is 4.14. The van der Waals surface area contributed by atoms with Gasteiger partial charge in [0.05, 0.1) is 12.6 Å². The van der Waals surface area contributed by atoms with E-state index in [4.69, 9.17) is 0 Å². The topological polar surface area (TPSA) is 37.2 Å². The van der Waals surface area contributed by atoms with E-state index in [1.165, 1.54) is 6.34 Å². The van der Waals surface area contributed by atoms with Crippen LogP contribution in [0.1, 0.15) is 0 Å². The van der Waals surface area contributed by atoms with Gasteiger partial charge in [0.15, 0.2) is 5.76 Å².